The lowest BCUT2D eigenvalue weighted by Gasteiger charge is -2.30. The number of amides is 1. The van der Waals surface area contributed by atoms with Gasteiger partial charge in [-0.05, 0) is 62.1 Å². The molecular formula is C24H22ClF6N3O. The van der Waals surface area contributed by atoms with E-state index in [1.54, 1.807) is 0 Å². The van der Waals surface area contributed by atoms with Crippen LogP contribution in [0.1, 0.15) is 47.2 Å². The summed E-state index contributed by atoms with van der Waals surface area (Å²) < 4.78 is 78.3. The lowest BCUT2D eigenvalue weighted by Crippen LogP contribution is -2.40. The number of nitrogens with one attached hydrogen (secondary N) is 2. The maximum absolute atomic E-state index is 13.1. The third-order valence-electron chi connectivity index (χ3n) is 5.86. The van der Waals surface area contributed by atoms with Gasteiger partial charge in [0.25, 0.3) is 5.91 Å². The zero-order valence-corrected chi connectivity index (χ0v) is 19.0. The smallest absolute Gasteiger partial charge is 0.367 e. The quantitative estimate of drug-likeness (QED) is 0.372. The summed E-state index contributed by atoms with van der Waals surface area (Å²) in [7, 11) is 0. The Balaban J connectivity index is 0.00000342. The molecule has 4 nitrogen and oxygen atoms in total. The van der Waals surface area contributed by atoms with Gasteiger partial charge in [-0.1, -0.05) is 18.2 Å². The van der Waals surface area contributed by atoms with Gasteiger partial charge in [0.15, 0.2) is 0 Å². The van der Waals surface area contributed by atoms with Gasteiger partial charge in [-0.25, -0.2) is 4.98 Å². The number of pyridine rings is 1. The predicted octanol–water partition coefficient (Wildman–Crippen LogP) is 6.85. The van der Waals surface area contributed by atoms with Crippen LogP contribution in [0.15, 0.2) is 54.6 Å². The highest BCUT2D eigenvalue weighted by atomic mass is 35.5. The zero-order valence-electron chi connectivity index (χ0n) is 18.2. The summed E-state index contributed by atoms with van der Waals surface area (Å²) in [4.78, 5) is 17.1. The average Bonchev–Trinajstić information content (AvgIpc) is 2.79. The van der Waals surface area contributed by atoms with Crippen LogP contribution in [0.5, 0.6) is 0 Å². The minimum absolute atomic E-state index is 0. The van der Waals surface area contributed by atoms with E-state index in [-0.39, 0.29) is 30.6 Å². The minimum Gasteiger partial charge on any atom is -0.367 e. The van der Waals surface area contributed by atoms with Gasteiger partial charge in [-0.2, -0.15) is 26.3 Å². The zero-order chi connectivity index (χ0) is 24.5. The van der Waals surface area contributed by atoms with Crippen molar-refractivity contribution in [2.75, 3.05) is 5.32 Å². The molecule has 0 unspecified atom stereocenters. The molecule has 0 saturated heterocycles. The van der Waals surface area contributed by atoms with Crippen molar-refractivity contribution in [3.8, 4) is 0 Å². The van der Waals surface area contributed by atoms with E-state index < -0.39 is 35.0 Å². The third kappa shape index (κ3) is 6.56. The van der Waals surface area contributed by atoms with Crippen molar-refractivity contribution in [2.24, 2.45) is 0 Å². The summed E-state index contributed by atoms with van der Waals surface area (Å²) in [6.07, 6.45) is -7.62. The van der Waals surface area contributed by atoms with Gasteiger partial charge in [-0.15, -0.1) is 12.4 Å². The van der Waals surface area contributed by atoms with E-state index in [1.807, 2.05) is 36.4 Å². The van der Waals surface area contributed by atoms with Gasteiger partial charge < -0.3 is 10.6 Å². The fraction of sp³-hybridized carbons (Fsp3) is 0.333. The van der Waals surface area contributed by atoms with E-state index in [4.69, 9.17) is 0 Å². The van der Waals surface area contributed by atoms with Crippen LogP contribution < -0.4 is 10.6 Å². The number of hydrogen-bond donors (Lipinski definition) is 2. The predicted molar refractivity (Wildman–Crippen MR) is 123 cm³/mol. The molecule has 0 spiro atoms. The molecule has 2 aromatic carbocycles. The van der Waals surface area contributed by atoms with Crippen molar-refractivity contribution in [2.45, 2.75) is 50.1 Å². The number of benzene rings is 2. The van der Waals surface area contributed by atoms with Crippen LogP contribution >= 0.6 is 12.4 Å². The van der Waals surface area contributed by atoms with Crippen molar-refractivity contribution < 1.29 is 31.1 Å². The van der Waals surface area contributed by atoms with Gasteiger partial charge in [0.1, 0.15) is 5.82 Å². The molecule has 0 bridgehead atoms. The number of carbonyl (C=O) groups excluding carboxylic acids is 1. The van der Waals surface area contributed by atoms with E-state index in [2.05, 4.69) is 15.6 Å². The fourth-order valence-corrected chi connectivity index (χ4v) is 4.09. The van der Waals surface area contributed by atoms with Crippen molar-refractivity contribution >= 4 is 35.0 Å². The molecule has 11 heteroatoms. The molecule has 1 aromatic heterocycles. The summed E-state index contributed by atoms with van der Waals surface area (Å²) in [6, 6.07) is 12.2. The molecule has 4 rings (SSSR count). The lowest BCUT2D eigenvalue weighted by atomic mass is 9.91. The second kappa shape index (κ2) is 10.3. The van der Waals surface area contributed by atoms with E-state index in [0.717, 1.165) is 16.7 Å². The highest BCUT2D eigenvalue weighted by Crippen LogP contribution is 2.36. The SMILES string of the molecule is Cl.O=C(N[C@H]1CC[C@@H](Nc2ccc3ccccc3n2)CC1)c1cc(C(F)(F)F)cc(C(F)(F)F)c1. The normalized spacial score (nSPS) is 18.6. The summed E-state index contributed by atoms with van der Waals surface area (Å²) >= 11 is 0. The van der Waals surface area contributed by atoms with Crippen LogP contribution in [-0.2, 0) is 12.4 Å². The van der Waals surface area contributed by atoms with Crippen molar-refractivity contribution in [1.29, 1.82) is 0 Å². The molecule has 0 aliphatic heterocycles. The number of hydrogen-bond acceptors (Lipinski definition) is 3. The molecule has 1 saturated carbocycles. The largest absolute Gasteiger partial charge is 0.416 e. The number of alkyl halides is 6. The van der Waals surface area contributed by atoms with Crippen LogP contribution in [0.4, 0.5) is 32.2 Å². The van der Waals surface area contributed by atoms with Crippen LogP contribution in [0, 0.1) is 0 Å². The van der Waals surface area contributed by atoms with E-state index >= 15 is 0 Å². The first-order valence-corrected chi connectivity index (χ1v) is 10.7. The van der Waals surface area contributed by atoms with E-state index in [0.29, 0.717) is 37.8 Å². The third-order valence-corrected chi connectivity index (χ3v) is 5.86. The number of fused-ring (bicyclic) bond motifs is 1. The molecule has 0 radical (unpaired) electrons. The van der Waals surface area contributed by atoms with E-state index in [1.165, 1.54) is 0 Å². The van der Waals surface area contributed by atoms with Crippen molar-refractivity contribution in [1.82, 2.24) is 10.3 Å². The van der Waals surface area contributed by atoms with Crippen molar-refractivity contribution in [3.63, 3.8) is 0 Å². The summed E-state index contributed by atoms with van der Waals surface area (Å²) in [5.74, 6) is -0.237. The number of para-hydroxylation sites is 1. The Hall–Kier alpha value is -3.01. The minimum atomic E-state index is -5.00. The summed E-state index contributed by atoms with van der Waals surface area (Å²) in [5.41, 5.74) is -2.83. The number of anilines is 1. The molecule has 188 valence electrons. The van der Waals surface area contributed by atoms with Crippen LogP contribution in [-0.4, -0.2) is 23.0 Å². The van der Waals surface area contributed by atoms with Gasteiger partial charge in [0.05, 0.1) is 16.6 Å². The van der Waals surface area contributed by atoms with Crippen LogP contribution in [0.25, 0.3) is 10.9 Å². The second-order valence-corrected chi connectivity index (χ2v) is 8.35. The molecular weight excluding hydrogens is 496 g/mol. The van der Waals surface area contributed by atoms with Crippen LogP contribution in [0.2, 0.25) is 0 Å². The maximum Gasteiger partial charge on any atom is 0.416 e. The summed E-state index contributed by atoms with van der Waals surface area (Å²) in [6.45, 7) is 0. The molecule has 1 heterocycles. The number of nitrogens with zero attached hydrogens (tertiary/aromatic N) is 1. The standard InChI is InChI=1S/C24H21F6N3O.ClH/c25-23(26,27)16-11-15(12-17(13-16)24(28,29)30)22(34)32-19-8-6-18(7-9-19)31-21-10-5-14-3-1-2-4-20(14)33-21;/h1-5,10-13,18-19H,6-9H2,(H,31,33)(H,32,34);1H/t18-,19+;. The van der Waals surface area contributed by atoms with Crippen LogP contribution in [0.3, 0.4) is 0 Å². The van der Waals surface area contributed by atoms with E-state index in [9.17, 15) is 31.1 Å². The first-order chi connectivity index (χ1) is 16.0. The Morgan fingerprint density at radius 3 is 1.97 bits per heavy atom. The Morgan fingerprint density at radius 1 is 0.800 bits per heavy atom. The molecule has 1 amide bonds. The number of aromatic nitrogens is 1. The first kappa shape index (κ1) is 26.6. The van der Waals surface area contributed by atoms with Gasteiger partial charge in [0.2, 0.25) is 0 Å². The molecule has 35 heavy (non-hydrogen) atoms. The second-order valence-electron chi connectivity index (χ2n) is 8.35. The highest BCUT2D eigenvalue weighted by Gasteiger charge is 2.37. The maximum atomic E-state index is 13.1. The monoisotopic (exact) mass is 517 g/mol. The Labute approximate surface area is 203 Å². The molecule has 1 aliphatic carbocycles. The molecule has 2 N–H and O–H groups in total. The van der Waals surface area contributed by atoms with Crippen molar-refractivity contribution in [3.05, 3.63) is 71.3 Å². The lowest BCUT2D eigenvalue weighted by molar-refractivity contribution is -0.143. The highest BCUT2D eigenvalue weighted by molar-refractivity contribution is 5.95. The molecule has 0 atom stereocenters. The fourth-order valence-electron chi connectivity index (χ4n) is 4.09. The molecule has 3 aromatic rings. The molecule has 1 aliphatic rings. The van der Waals surface area contributed by atoms with Gasteiger partial charge in [-0.3, -0.25) is 4.79 Å². The van der Waals surface area contributed by atoms with Gasteiger partial charge in [0, 0.05) is 23.0 Å². The Bertz CT molecular complexity index is 1160. The number of halogens is 7. The van der Waals surface area contributed by atoms with Gasteiger partial charge >= 0.3 is 12.4 Å². The summed E-state index contributed by atoms with van der Waals surface area (Å²) in [5, 5.41) is 6.95. The molecule has 1 fully saturated rings. The first-order valence-electron chi connectivity index (χ1n) is 10.7. The average molecular weight is 518 g/mol. The Kier molecular flexibility index (Phi) is 7.83. The number of rotatable bonds is 4. The number of carbonyl (C=O) groups is 1. The Morgan fingerprint density at radius 2 is 1.37 bits per heavy atom. The topological polar surface area (TPSA) is 54.0 Å².